The highest BCUT2D eigenvalue weighted by Gasteiger charge is 2.16. The Kier molecular flexibility index (Phi) is 5.36. The Morgan fingerprint density at radius 3 is 2.53 bits per heavy atom. The Morgan fingerprint density at radius 2 is 2.00 bits per heavy atom. The van der Waals surface area contributed by atoms with Gasteiger partial charge in [-0.3, -0.25) is 9.59 Å². The molecule has 1 unspecified atom stereocenters. The molecule has 0 saturated carbocycles. The number of likely N-dealkylation sites (N-methyl/N-ethyl adjacent to an activating group) is 1. The van der Waals surface area contributed by atoms with E-state index >= 15 is 0 Å². The molecular formula is C14H21N3O2. The van der Waals surface area contributed by atoms with Gasteiger partial charge >= 0.3 is 0 Å². The fourth-order valence-corrected chi connectivity index (χ4v) is 1.76. The summed E-state index contributed by atoms with van der Waals surface area (Å²) in [6.07, 6.45) is 0. The van der Waals surface area contributed by atoms with Crippen LogP contribution in [0.15, 0.2) is 18.2 Å². The van der Waals surface area contributed by atoms with Gasteiger partial charge < -0.3 is 16.0 Å². The van der Waals surface area contributed by atoms with Gasteiger partial charge in [-0.25, -0.2) is 0 Å². The topological polar surface area (TPSA) is 70.2 Å². The first-order chi connectivity index (χ1) is 8.99. The standard InChI is InChI=1S/C14H21N3O2/c1-5-16-13(18)10(3)17-14(19)11-6-7-12(15-4)9(2)8-11/h6-8,10,15H,5H2,1-4H3,(H,16,18)(H,17,19). The van der Waals surface area contributed by atoms with E-state index in [-0.39, 0.29) is 11.8 Å². The summed E-state index contributed by atoms with van der Waals surface area (Å²) in [7, 11) is 1.83. The van der Waals surface area contributed by atoms with Crippen LogP contribution in [0, 0.1) is 6.92 Å². The fourth-order valence-electron chi connectivity index (χ4n) is 1.76. The number of hydrogen-bond donors (Lipinski definition) is 3. The van der Waals surface area contributed by atoms with Gasteiger partial charge in [0.25, 0.3) is 5.91 Å². The molecule has 104 valence electrons. The normalized spacial score (nSPS) is 11.6. The molecule has 2 amide bonds. The summed E-state index contributed by atoms with van der Waals surface area (Å²) in [6, 6.07) is 4.84. The molecule has 1 rings (SSSR count). The zero-order valence-electron chi connectivity index (χ0n) is 11.8. The lowest BCUT2D eigenvalue weighted by atomic mass is 10.1. The Bertz CT molecular complexity index is 472. The second-order valence-corrected chi connectivity index (χ2v) is 4.37. The predicted octanol–water partition coefficient (Wildman–Crippen LogP) is 1.29. The number of rotatable bonds is 5. The van der Waals surface area contributed by atoms with E-state index in [0.29, 0.717) is 12.1 Å². The minimum absolute atomic E-state index is 0.181. The molecule has 1 aromatic carbocycles. The van der Waals surface area contributed by atoms with Gasteiger partial charge in [-0.15, -0.1) is 0 Å². The van der Waals surface area contributed by atoms with Crippen molar-refractivity contribution in [2.24, 2.45) is 0 Å². The lowest BCUT2D eigenvalue weighted by Crippen LogP contribution is -2.44. The van der Waals surface area contributed by atoms with Gasteiger partial charge in [0.15, 0.2) is 0 Å². The second kappa shape index (κ2) is 6.78. The molecule has 3 N–H and O–H groups in total. The van der Waals surface area contributed by atoms with Crippen LogP contribution in [0.4, 0.5) is 5.69 Å². The molecule has 19 heavy (non-hydrogen) atoms. The summed E-state index contributed by atoms with van der Waals surface area (Å²) < 4.78 is 0. The van der Waals surface area contributed by atoms with E-state index in [1.165, 1.54) is 0 Å². The number of aryl methyl sites for hydroxylation is 1. The van der Waals surface area contributed by atoms with Gasteiger partial charge in [-0.05, 0) is 44.5 Å². The van der Waals surface area contributed by atoms with Crippen LogP contribution in [0.2, 0.25) is 0 Å². The molecule has 5 heteroatoms. The largest absolute Gasteiger partial charge is 0.388 e. The van der Waals surface area contributed by atoms with E-state index in [1.54, 1.807) is 19.1 Å². The van der Waals surface area contributed by atoms with Crippen molar-refractivity contribution < 1.29 is 9.59 Å². The molecule has 0 aromatic heterocycles. The number of amides is 2. The molecule has 1 aromatic rings. The van der Waals surface area contributed by atoms with E-state index in [4.69, 9.17) is 0 Å². The molecule has 0 aliphatic rings. The van der Waals surface area contributed by atoms with Crippen molar-refractivity contribution in [3.8, 4) is 0 Å². The number of benzene rings is 1. The van der Waals surface area contributed by atoms with Gasteiger partial charge in [-0.1, -0.05) is 0 Å². The number of anilines is 1. The first-order valence-electron chi connectivity index (χ1n) is 6.36. The van der Waals surface area contributed by atoms with Crippen LogP contribution in [0.5, 0.6) is 0 Å². The molecule has 0 aliphatic heterocycles. The summed E-state index contributed by atoms with van der Waals surface area (Å²) >= 11 is 0. The molecule has 0 spiro atoms. The van der Waals surface area contributed by atoms with Gasteiger partial charge in [0.05, 0.1) is 0 Å². The Hall–Kier alpha value is -2.04. The molecule has 0 fully saturated rings. The van der Waals surface area contributed by atoms with Crippen molar-refractivity contribution >= 4 is 17.5 Å². The minimum Gasteiger partial charge on any atom is -0.388 e. The van der Waals surface area contributed by atoms with E-state index < -0.39 is 6.04 Å². The zero-order valence-corrected chi connectivity index (χ0v) is 11.8. The average Bonchev–Trinajstić information content (AvgIpc) is 2.38. The van der Waals surface area contributed by atoms with Crippen molar-refractivity contribution in [3.63, 3.8) is 0 Å². The fraction of sp³-hybridized carbons (Fsp3) is 0.429. The summed E-state index contributed by atoms with van der Waals surface area (Å²) in [6.45, 7) is 5.98. The van der Waals surface area contributed by atoms with Crippen molar-refractivity contribution in [2.45, 2.75) is 26.8 Å². The highest BCUT2D eigenvalue weighted by atomic mass is 16.2. The summed E-state index contributed by atoms with van der Waals surface area (Å²) in [5.41, 5.74) is 2.52. The van der Waals surface area contributed by atoms with Crippen LogP contribution < -0.4 is 16.0 Å². The van der Waals surface area contributed by atoms with E-state index in [1.807, 2.05) is 27.0 Å². The molecule has 0 aliphatic carbocycles. The van der Waals surface area contributed by atoms with Crippen molar-refractivity contribution in [2.75, 3.05) is 18.9 Å². The molecule has 0 heterocycles. The molecular weight excluding hydrogens is 242 g/mol. The van der Waals surface area contributed by atoms with Crippen LogP contribution in [0.25, 0.3) is 0 Å². The van der Waals surface area contributed by atoms with Crippen LogP contribution in [0.3, 0.4) is 0 Å². The third-order valence-electron chi connectivity index (χ3n) is 2.85. The van der Waals surface area contributed by atoms with Gasteiger partial charge in [0.1, 0.15) is 6.04 Å². The van der Waals surface area contributed by atoms with Crippen LogP contribution in [-0.4, -0.2) is 31.4 Å². The minimum atomic E-state index is -0.545. The van der Waals surface area contributed by atoms with Crippen LogP contribution in [-0.2, 0) is 4.79 Å². The molecule has 0 radical (unpaired) electrons. The number of nitrogens with one attached hydrogen (secondary N) is 3. The maximum Gasteiger partial charge on any atom is 0.251 e. The van der Waals surface area contributed by atoms with Crippen molar-refractivity contribution in [1.29, 1.82) is 0 Å². The van der Waals surface area contributed by atoms with Gasteiger partial charge in [0, 0.05) is 24.8 Å². The number of carbonyl (C=O) groups is 2. The van der Waals surface area contributed by atoms with E-state index in [9.17, 15) is 9.59 Å². The second-order valence-electron chi connectivity index (χ2n) is 4.37. The Morgan fingerprint density at radius 1 is 1.32 bits per heavy atom. The molecule has 1 atom stereocenters. The van der Waals surface area contributed by atoms with Crippen LogP contribution in [0.1, 0.15) is 29.8 Å². The lowest BCUT2D eigenvalue weighted by molar-refractivity contribution is -0.122. The first kappa shape index (κ1) is 15.0. The highest BCUT2D eigenvalue weighted by molar-refractivity contribution is 5.97. The lowest BCUT2D eigenvalue weighted by Gasteiger charge is -2.14. The summed E-state index contributed by atoms with van der Waals surface area (Å²) in [5, 5.41) is 8.38. The van der Waals surface area contributed by atoms with Gasteiger partial charge in [-0.2, -0.15) is 0 Å². The number of hydrogen-bond acceptors (Lipinski definition) is 3. The Balaban J connectivity index is 2.73. The first-order valence-corrected chi connectivity index (χ1v) is 6.36. The Labute approximate surface area is 113 Å². The van der Waals surface area contributed by atoms with Crippen molar-refractivity contribution in [1.82, 2.24) is 10.6 Å². The summed E-state index contributed by atoms with van der Waals surface area (Å²) in [4.78, 5) is 23.5. The SMILES string of the molecule is CCNC(=O)C(C)NC(=O)c1ccc(NC)c(C)c1. The summed E-state index contributed by atoms with van der Waals surface area (Å²) in [5.74, 6) is -0.427. The third-order valence-corrected chi connectivity index (χ3v) is 2.85. The predicted molar refractivity (Wildman–Crippen MR) is 76.3 cm³/mol. The maximum absolute atomic E-state index is 12.0. The molecule has 5 nitrogen and oxygen atoms in total. The quantitative estimate of drug-likeness (QED) is 0.749. The van der Waals surface area contributed by atoms with Crippen molar-refractivity contribution in [3.05, 3.63) is 29.3 Å². The van der Waals surface area contributed by atoms with Gasteiger partial charge in [0.2, 0.25) is 5.91 Å². The molecule has 0 bridgehead atoms. The van der Waals surface area contributed by atoms with E-state index in [0.717, 1.165) is 11.3 Å². The highest BCUT2D eigenvalue weighted by Crippen LogP contribution is 2.15. The van der Waals surface area contributed by atoms with E-state index in [2.05, 4.69) is 16.0 Å². The zero-order chi connectivity index (χ0) is 14.4. The smallest absolute Gasteiger partial charge is 0.251 e. The third kappa shape index (κ3) is 3.98. The monoisotopic (exact) mass is 263 g/mol. The number of carbonyl (C=O) groups excluding carboxylic acids is 2. The molecule has 0 saturated heterocycles. The van der Waals surface area contributed by atoms with Crippen LogP contribution >= 0.6 is 0 Å². The maximum atomic E-state index is 12.0. The average molecular weight is 263 g/mol.